The fraction of sp³-hybridized carbons (Fsp3) is 0.538. The van der Waals surface area contributed by atoms with Gasteiger partial charge >= 0.3 is 0 Å². The highest BCUT2D eigenvalue weighted by atomic mass is 79.9. The smallest absolute Gasteiger partial charge is 0.147 e. The van der Waals surface area contributed by atoms with Crippen molar-refractivity contribution in [1.29, 1.82) is 0 Å². The summed E-state index contributed by atoms with van der Waals surface area (Å²) in [6, 6.07) is 2.20. The van der Waals surface area contributed by atoms with Crippen LogP contribution in [-0.2, 0) is 19.6 Å². The van der Waals surface area contributed by atoms with Gasteiger partial charge in [0.15, 0.2) is 0 Å². The molecule has 0 bridgehead atoms. The number of nitrogens with zero attached hydrogens (tertiary/aromatic N) is 4. The van der Waals surface area contributed by atoms with Crippen LogP contribution >= 0.6 is 27.3 Å². The number of aromatic nitrogens is 3. The van der Waals surface area contributed by atoms with Gasteiger partial charge in [0, 0.05) is 25.6 Å². The minimum atomic E-state index is 0.445. The van der Waals surface area contributed by atoms with Crippen LogP contribution in [0.25, 0.3) is 0 Å². The molecule has 102 valence electrons. The largest absolute Gasteiger partial charge is 0.312 e. The van der Waals surface area contributed by atoms with E-state index in [4.69, 9.17) is 0 Å². The molecule has 0 radical (unpaired) electrons. The highest BCUT2D eigenvalue weighted by molar-refractivity contribution is 9.11. The Labute approximate surface area is 125 Å². The average molecular weight is 341 g/mol. The zero-order chi connectivity index (χ0) is 13.4. The van der Waals surface area contributed by atoms with Crippen LogP contribution in [0.3, 0.4) is 0 Å². The number of fused-ring (bicyclic) bond motifs is 1. The van der Waals surface area contributed by atoms with E-state index in [1.165, 1.54) is 9.35 Å². The van der Waals surface area contributed by atoms with Crippen molar-refractivity contribution in [3.8, 4) is 0 Å². The quantitative estimate of drug-likeness (QED) is 0.860. The highest BCUT2D eigenvalue weighted by Crippen LogP contribution is 2.24. The summed E-state index contributed by atoms with van der Waals surface area (Å²) in [5, 5.41) is 10.9. The van der Waals surface area contributed by atoms with Crippen LogP contribution in [-0.4, -0.2) is 26.2 Å². The summed E-state index contributed by atoms with van der Waals surface area (Å²) in [5.74, 6) is 2.66. The van der Waals surface area contributed by atoms with Crippen molar-refractivity contribution in [3.63, 3.8) is 0 Å². The summed E-state index contributed by atoms with van der Waals surface area (Å²) in [6.45, 7) is 8.30. The molecular weight excluding hydrogens is 324 g/mol. The summed E-state index contributed by atoms with van der Waals surface area (Å²) in [5.41, 5.74) is 1.37. The van der Waals surface area contributed by atoms with Crippen LogP contribution in [0.4, 0.5) is 0 Å². The molecule has 0 unspecified atom stereocenters. The standard InChI is InChI=1S/C13H17BrN4S/c1-9(2)13-16-15-12-7-17(3-4-18(12)13)6-10-5-11(14)19-8-10/h5,8-9H,3-4,6-7H2,1-2H3. The zero-order valence-corrected chi connectivity index (χ0v) is 13.5. The van der Waals surface area contributed by atoms with E-state index in [2.05, 4.69) is 60.9 Å². The Bertz CT molecular complexity index is 575. The fourth-order valence-electron chi connectivity index (χ4n) is 2.48. The van der Waals surface area contributed by atoms with Gasteiger partial charge in [-0.3, -0.25) is 4.90 Å². The molecule has 0 aromatic carbocycles. The first-order valence-corrected chi connectivity index (χ1v) is 8.18. The molecule has 4 nitrogen and oxygen atoms in total. The maximum atomic E-state index is 4.34. The third kappa shape index (κ3) is 2.75. The molecule has 0 atom stereocenters. The van der Waals surface area contributed by atoms with Crippen molar-refractivity contribution in [2.24, 2.45) is 0 Å². The van der Waals surface area contributed by atoms with Gasteiger partial charge in [-0.25, -0.2) is 0 Å². The molecule has 1 aliphatic rings. The van der Waals surface area contributed by atoms with Crippen LogP contribution in [0.15, 0.2) is 15.2 Å². The lowest BCUT2D eigenvalue weighted by Crippen LogP contribution is -2.34. The SMILES string of the molecule is CC(C)c1nnc2n1CCN(Cc1csc(Br)c1)C2. The van der Waals surface area contributed by atoms with E-state index in [0.717, 1.165) is 37.8 Å². The molecule has 0 spiro atoms. The molecule has 19 heavy (non-hydrogen) atoms. The maximum Gasteiger partial charge on any atom is 0.147 e. The number of hydrogen-bond acceptors (Lipinski definition) is 4. The summed E-state index contributed by atoms with van der Waals surface area (Å²) in [6.07, 6.45) is 0. The first-order chi connectivity index (χ1) is 9.13. The lowest BCUT2D eigenvalue weighted by atomic mass is 10.2. The minimum Gasteiger partial charge on any atom is -0.312 e. The second-order valence-electron chi connectivity index (χ2n) is 5.25. The Hall–Kier alpha value is -0.720. The predicted molar refractivity (Wildman–Crippen MR) is 80.2 cm³/mol. The van der Waals surface area contributed by atoms with E-state index in [1.807, 2.05) is 0 Å². The Morgan fingerprint density at radius 1 is 1.37 bits per heavy atom. The van der Waals surface area contributed by atoms with Gasteiger partial charge in [-0.05, 0) is 32.9 Å². The molecule has 0 fully saturated rings. The van der Waals surface area contributed by atoms with Gasteiger partial charge in [-0.15, -0.1) is 21.5 Å². The van der Waals surface area contributed by atoms with Crippen molar-refractivity contribution in [3.05, 3.63) is 32.4 Å². The minimum absolute atomic E-state index is 0.445. The molecule has 0 aliphatic carbocycles. The topological polar surface area (TPSA) is 34.0 Å². The summed E-state index contributed by atoms with van der Waals surface area (Å²) < 4.78 is 3.48. The highest BCUT2D eigenvalue weighted by Gasteiger charge is 2.22. The van der Waals surface area contributed by atoms with Crippen molar-refractivity contribution >= 4 is 27.3 Å². The normalized spacial score (nSPS) is 16.0. The summed E-state index contributed by atoms with van der Waals surface area (Å²) in [7, 11) is 0. The lowest BCUT2D eigenvalue weighted by molar-refractivity contribution is 0.207. The van der Waals surface area contributed by atoms with Crippen molar-refractivity contribution in [2.45, 2.75) is 39.4 Å². The number of thiophene rings is 1. The van der Waals surface area contributed by atoms with Gasteiger partial charge in [-0.1, -0.05) is 13.8 Å². The number of hydrogen-bond donors (Lipinski definition) is 0. The Kier molecular flexibility index (Phi) is 3.73. The monoisotopic (exact) mass is 340 g/mol. The second kappa shape index (κ2) is 5.34. The average Bonchev–Trinajstić information content (AvgIpc) is 2.95. The van der Waals surface area contributed by atoms with E-state index in [1.54, 1.807) is 11.3 Å². The number of halogens is 1. The Morgan fingerprint density at radius 2 is 2.21 bits per heavy atom. The van der Waals surface area contributed by atoms with Crippen molar-refractivity contribution < 1.29 is 0 Å². The van der Waals surface area contributed by atoms with Gasteiger partial charge in [0.1, 0.15) is 11.6 Å². The molecule has 2 aromatic heterocycles. The Balaban J connectivity index is 1.72. The third-order valence-electron chi connectivity index (χ3n) is 3.41. The molecule has 0 N–H and O–H groups in total. The first-order valence-electron chi connectivity index (χ1n) is 6.50. The van der Waals surface area contributed by atoms with Crippen LogP contribution in [0.1, 0.15) is 37.0 Å². The summed E-state index contributed by atoms with van der Waals surface area (Å²) in [4.78, 5) is 2.43. The van der Waals surface area contributed by atoms with E-state index >= 15 is 0 Å². The molecule has 0 saturated heterocycles. The molecule has 0 amide bonds. The molecule has 6 heteroatoms. The van der Waals surface area contributed by atoms with Gasteiger partial charge < -0.3 is 4.57 Å². The molecule has 3 heterocycles. The molecular formula is C13H17BrN4S. The third-order valence-corrected chi connectivity index (χ3v) is 4.96. The maximum absolute atomic E-state index is 4.34. The van der Waals surface area contributed by atoms with Gasteiger partial charge in [-0.2, -0.15) is 0 Å². The van der Waals surface area contributed by atoms with Crippen molar-refractivity contribution in [2.75, 3.05) is 6.54 Å². The fourth-order valence-corrected chi connectivity index (χ4v) is 3.68. The Morgan fingerprint density at radius 3 is 2.89 bits per heavy atom. The van der Waals surface area contributed by atoms with E-state index in [-0.39, 0.29) is 0 Å². The van der Waals surface area contributed by atoms with Crippen LogP contribution < -0.4 is 0 Å². The van der Waals surface area contributed by atoms with Crippen LogP contribution in [0.2, 0.25) is 0 Å². The molecule has 1 aliphatic heterocycles. The van der Waals surface area contributed by atoms with Crippen LogP contribution in [0, 0.1) is 0 Å². The molecule has 0 saturated carbocycles. The van der Waals surface area contributed by atoms with E-state index < -0.39 is 0 Å². The summed E-state index contributed by atoms with van der Waals surface area (Å²) >= 11 is 5.26. The molecule has 2 aromatic rings. The molecule has 3 rings (SSSR count). The first kappa shape index (κ1) is 13.3. The van der Waals surface area contributed by atoms with Gasteiger partial charge in [0.05, 0.1) is 10.3 Å². The second-order valence-corrected chi connectivity index (χ2v) is 7.54. The van der Waals surface area contributed by atoms with Gasteiger partial charge in [0.25, 0.3) is 0 Å². The lowest BCUT2D eigenvalue weighted by Gasteiger charge is -2.27. The number of rotatable bonds is 3. The predicted octanol–water partition coefficient (Wildman–Crippen LogP) is 3.24. The van der Waals surface area contributed by atoms with Gasteiger partial charge in [0.2, 0.25) is 0 Å². The van der Waals surface area contributed by atoms with E-state index in [9.17, 15) is 0 Å². The van der Waals surface area contributed by atoms with Crippen LogP contribution in [0.5, 0.6) is 0 Å². The van der Waals surface area contributed by atoms with E-state index in [0.29, 0.717) is 5.92 Å². The van der Waals surface area contributed by atoms with Crippen molar-refractivity contribution in [1.82, 2.24) is 19.7 Å². The zero-order valence-electron chi connectivity index (χ0n) is 11.1.